The first kappa shape index (κ1) is 19.0. The summed E-state index contributed by atoms with van der Waals surface area (Å²) in [5.74, 6) is 0.111. The van der Waals surface area contributed by atoms with Crippen LogP contribution in [0.15, 0.2) is 29.6 Å². The van der Waals surface area contributed by atoms with Crippen LogP contribution in [0.2, 0.25) is 5.02 Å². The highest BCUT2D eigenvalue weighted by atomic mass is 35.5. The van der Waals surface area contributed by atoms with Crippen molar-refractivity contribution in [3.63, 3.8) is 0 Å². The average molecular weight is 397 g/mol. The van der Waals surface area contributed by atoms with Crippen molar-refractivity contribution in [2.75, 3.05) is 26.5 Å². The third kappa shape index (κ3) is 4.49. The molecule has 140 valence electrons. The lowest BCUT2D eigenvalue weighted by molar-refractivity contribution is 0.201. The van der Waals surface area contributed by atoms with Gasteiger partial charge in [-0.1, -0.05) is 11.6 Å². The van der Waals surface area contributed by atoms with Crippen molar-refractivity contribution in [3.8, 4) is 6.01 Å². The number of likely N-dealkylation sites (tertiary alicyclic amines) is 1. The van der Waals surface area contributed by atoms with Crippen LogP contribution in [0.25, 0.3) is 0 Å². The Morgan fingerprint density at radius 1 is 1.19 bits per heavy atom. The summed E-state index contributed by atoms with van der Waals surface area (Å²) in [6.07, 6.45) is 7.93. The fourth-order valence-electron chi connectivity index (χ4n) is 3.19. The van der Waals surface area contributed by atoms with Gasteiger partial charge in [0.15, 0.2) is 9.84 Å². The van der Waals surface area contributed by atoms with E-state index in [1.807, 2.05) is 0 Å². The van der Waals surface area contributed by atoms with Crippen molar-refractivity contribution in [1.29, 1.82) is 0 Å². The van der Waals surface area contributed by atoms with Crippen molar-refractivity contribution < 1.29 is 13.2 Å². The third-order valence-corrected chi connectivity index (χ3v) is 5.83. The van der Waals surface area contributed by atoms with E-state index in [0.29, 0.717) is 16.7 Å². The summed E-state index contributed by atoms with van der Waals surface area (Å²) in [6, 6.07) is 1.86. The number of pyridine rings is 1. The first-order valence-electron chi connectivity index (χ1n) is 8.29. The van der Waals surface area contributed by atoms with E-state index in [2.05, 4.69) is 19.9 Å². The van der Waals surface area contributed by atoms with Gasteiger partial charge in [-0.15, -0.1) is 0 Å². The molecule has 0 N–H and O–H groups in total. The first-order chi connectivity index (χ1) is 12.4. The molecule has 1 aliphatic heterocycles. The molecule has 0 amide bonds. The maximum absolute atomic E-state index is 12.1. The molecule has 1 saturated heterocycles. The Balaban J connectivity index is 1.67. The highest BCUT2D eigenvalue weighted by Gasteiger charge is 2.27. The molecule has 26 heavy (non-hydrogen) atoms. The summed E-state index contributed by atoms with van der Waals surface area (Å²) >= 11 is 5.94. The van der Waals surface area contributed by atoms with Crippen LogP contribution in [0.3, 0.4) is 0 Å². The highest BCUT2D eigenvalue weighted by molar-refractivity contribution is 7.90. The van der Waals surface area contributed by atoms with Crippen molar-refractivity contribution in [1.82, 2.24) is 19.9 Å². The molecule has 0 bridgehead atoms. The van der Waals surface area contributed by atoms with E-state index < -0.39 is 9.84 Å². The molecular formula is C17H21ClN4O3S. The molecule has 0 unspecified atom stereocenters. The molecule has 2 aromatic heterocycles. The monoisotopic (exact) mass is 396 g/mol. The Morgan fingerprint density at radius 2 is 1.85 bits per heavy atom. The van der Waals surface area contributed by atoms with Gasteiger partial charge in [0, 0.05) is 42.9 Å². The van der Waals surface area contributed by atoms with Gasteiger partial charge < -0.3 is 4.74 Å². The van der Waals surface area contributed by atoms with Crippen LogP contribution in [0.4, 0.5) is 0 Å². The number of rotatable bonds is 5. The van der Waals surface area contributed by atoms with Crippen LogP contribution < -0.4 is 4.74 Å². The van der Waals surface area contributed by atoms with E-state index in [1.165, 1.54) is 25.6 Å². The zero-order chi connectivity index (χ0) is 18.7. The van der Waals surface area contributed by atoms with Gasteiger partial charge in [0.1, 0.15) is 0 Å². The number of hydrogen-bond acceptors (Lipinski definition) is 7. The van der Waals surface area contributed by atoms with Crippen LogP contribution >= 0.6 is 11.6 Å². The van der Waals surface area contributed by atoms with Crippen LogP contribution in [-0.4, -0.2) is 54.7 Å². The zero-order valence-electron chi connectivity index (χ0n) is 14.7. The van der Waals surface area contributed by atoms with Gasteiger partial charge in [-0.3, -0.25) is 9.88 Å². The predicted octanol–water partition coefficient (Wildman–Crippen LogP) is 2.32. The van der Waals surface area contributed by atoms with Gasteiger partial charge in [0.2, 0.25) is 0 Å². The zero-order valence-corrected chi connectivity index (χ0v) is 16.3. The Labute approximate surface area is 158 Å². The van der Waals surface area contributed by atoms with Gasteiger partial charge >= 0.3 is 6.01 Å². The molecular weight excluding hydrogens is 376 g/mol. The van der Waals surface area contributed by atoms with Gasteiger partial charge in [-0.05, 0) is 32.0 Å². The Hall–Kier alpha value is -1.77. The number of methoxy groups -OCH3 is 1. The van der Waals surface area contributed by atoms with E-state index in [9.17, 15) is 8.42 Å². The summed E-state index contributed by atoms with van der Waals surface area (Å²) in [5.41, 5.74) is 1.65. The Kier molecular flexibility index (Phi) is 5.74. The van der Waals surface area contributed by atoms with Crippen LogP contribution in [0, 0.1) is 0 Å². The van der Waals surface area contributed by atoms with Crippen LogP contribution in [-0.2, 0) is 16.4 Å². The number of hydrogen-bond donors (Lipinski definition) is 0. The topological polar surface area (TPSA) is 85.3 Å². The smallest absolute Gasteiger partial charge is 0.316 e. The van der Waals surface area contributed by atoms with E-state index >= 15 is 0 Å². The minimum atomic E-state index is -3.36. The number of sulfone groups is 1. The van der Waals surface area contributed by atoms with Crippen molar-refractivity contribution in [2.24, 2.45) is 0 Å². The molecule has 1 aliphatic rings. The van der Waals surface area contributed by atoms with Crippen molar-refractivity contribution in [3.05, 3.63) is 40.9 Å². The first-order valence-corrected chi connectivity index (χ1v) is 10.6. The lowest BCUT2D eigenvalue weighted by Crippen LogP contribution is -2.33. The molecule has 2 aromatic rings. The summed E-state index contributed by atoms with van der Waals surface area (Å²) in [7, 11) is -1.83. The number of ether oxygens (including phenoxy) is 1. The van der Waals surface area contributed by atoms with Crippen molar-refractivity contribution >= 4 is 21.4 Å². The van der Waals surface area contributed by atoms with Gasteiger partial charge in [0.25, 0.3) is 0 Å². The molecule has 7 nitrogen and oxygen atoms in total. The standard InChI is InChI=1S/C17H21ClN4O3S/c1-25-17-20-8-12(9-21-17)11-22-5-3-13(4-6-22)16-15(26(2,23)24)7-14(18)10-19-16/h7-10,13H,3-6,11H2,1-2H3. The second kappa shape index (κ2) is 7.85. The maximum atomic E-state index is 12.1. The van der Waals surface area contributed by atoms with E-state index in [-0.39, 0.29) is 10.8 Å². The highest BCUT2D eigenvalue weighted by Crippen LogP contribution is 2.32. The van der Waals surface area contributed by atoms with E-state index in [1.54, 1.807) is 12.4 Å². The van der Waals surface area contributed by atoms with Crippen molar-refractivity contribution in [2.45, 2.75) is 30.2 Å². The lowest BCUT2D eigenvalue weighted by atomic mass is 9.93. The summed E-state index contributed by atoms with van der Waals surface area (Å²) in [4.78, 5) is 15.1. The Morgan fingerprint density at radius 3 is 2.42 bits per heavy atom. The third-order valence-electron chi connectivity index (χ3n) is 4.49. The maximum Gasteiger partial charge on any atom is 0.316 e. The molecule has 1 fully saturated rings. The lowest BCUT2D eigenvalue weighted by Gasteiger charge is -2.32. The Bertz CT molecular complexity index is 866. The van der Waals surface area contributed by atoms with Gasteiger partial charge in [0.05, 0.1) is 22.7 Å². The molecule has 0 saturated carbocycles. The van der Waals surface area contributed by atoms with E-state index in [4.69, 9.17) is 16.3 Å². The predicted molar refractivity (Wildman–Crippen MR) is 98.2 cm³/mol. The normalized spacial score (nSPS) is 16.6. The fourth-order valence-corrected chi connectivity index (χ4v) is 4.35. The minimum absolute atomic E-state index is 0.111. The number of halogens is 1. The molecule has 0 atom stereocenters. The van der Waals surface area contributed by atoms with Gasteiger partial charge in [-0.25, -0.2) is 18.4 Å². The second-order valence-electron chi connectivity index (χ2n) is 6.44. The van der Waals surface area contributed by atoms with Crippen LogP contribution in [0.5, 0.6) is 6.01 Å². The minimum Gasteiger partial charge on any atom is -0.467 e. The van der Waals surface area contributed by atoms with Gasteiger partial charge in [-0.2, -0.15) is 0 Å². The number of piperidine rings is 1. The molecule has 0 spiro atoms. The molecule has 0 aliphatic carbocycles. The fraction of sp³-hybridized carbons (Fsp3) is 0.471. The number of aromatic nitrogens is 3. The molecule has 3 heterocycles. The number of nitrogens with zero attached hydrogens (tertiary/aromatic N) is 4. The SMILES string of the molecule is COc1ncc(CN2CCC(c3ncc(Cl)cc3S(C)(=O)=O)CC2)cn1. The second-order valence-corrected chi connectivity index (χ2v) is 8.86. The molecule has 3 rings (SSSR count). The summed E-state index contributed by atoms with van der Waals surface area (Å²) < 4.78 is 29.1. The molecule has 0 radical (unpaired) electrons. The van der Waals surface area contributed by atoms with Crippen LogP contribution in [0.1, 0.15) is 30.0 Å². The summed E-state index contributed by atoms with van der Waals surface area (Å²) in [5, 5.41) is 0.339. The quantitative estimate of drug-likeness (QED) is 0.766. The molecule has 9 heteroatoms. The average Bonchev–Trinajstić information content (AvgIpc) is 2.62. The largest absolute Gasteiger partial charge is 0.467 e. The summed E-state index contributed by atoms with van der Waals surface area (Å²) in [6.45, 7) is 2.46. The molecule has 0 aromatic carbocycles. The van der Waals surface area contributed by atoms with E-state index in [0.717, 1.165) is 38.0 Å².